The number of likely N-dealkylation sites (tertiary alicyclic amines) is 2. The largest absolute Gasteiger partial charge is 0.387 e. The smallest absolute Gasteiger partial charge is 0.250 e. The van der Waals surface area contributed by atoms with Crippen molar-refractivity contribution < 1.29 is 23.5 Å². The molecule has 0 unspecified atom stereocenters. The normalized spacial score (nSPS) is 28.6. The van der Waals surface area contributed by atoms with Gasteiger partial charge in [-0.3, -0.25) is 14.5 Å². The lowest BCUT2D eigenvalue weighted by Crippen LogP contribution is -2.50. The molecule has 1 atom stereocenters. The van der Waals surface area contributed by atoms with Crippen LogP contribution in [0, 0.1) is 0 Å². The SMILES string of the molecule is CC(=O)NCC(=O)N1CC[C@](O)(CN2CCC(F)(F)CC2)C1. The quantitative estimate of drug-likeness (QED) is 0.754. The Morgan fingerprint density at radius 3 is 2.41 bits per heavy atom. The summed E-state index contributed by atoms with van der Waals surface area (Å²) >= 11 is 0. The van der Waals surface area contributed by atoms with Crippen LogP contribution in [0.3, 0.4) is 0 Å². The summed E-state index contributed by atoms with van der Waals surface area (Å²) in [5.74, 6) is -3.12. The van der Waals surface area contributed by atoms with Crippen molar-refractivity contribution in [3.05, 3.63) is 0 Å². The van der Waals surface area contributed by atoms with Crippen LogP contribution < -0.4 is 5.32 Å². The summed E-state index contributed by atoms with van der Waals surface area (Å²) in [6.07, 6.45) is 0.0498. The number of piperidine rings is 1. The third kappa shape index (κ3) is 4.61. The van der Waals surface area contributed by atoms with E-state index in [1.807, 2.05) is 4.90 Å². The molecular formula is C14H23F2N3O3. The Morgan fingerprint density at radius 1 is 1.18 bits per heavy atom. The number of amides is 2. The summed E-state index contributed by atoms with van der Waals surface area (Å²) in [4.78, 5) is 26.0. The van der Waals surface area contributed by atoms with Gasteiger partial charge in [0.1, 0.15) is 0 Å². The highest BCUT2D eigenvalue weighted by molar-refractivity contribution is 5.83. The van der Waals surface area contributed by atoms with Gasteiger partial charge in [-0.2, -0.15) is 0 Å². The van der Waals surface area contributed by atoms with Gasteiger partial charge in [0, 0.05) is 45.9 Å². The molecule has 2 aliphatic heterocycles. The van der Waals surface area contributed by atoms with E-state index in [1.54, 1.807) is 0 Å². The van der Waals surface area contributed by atoms with Gasteiger partial charge < -0.3 is 15.3 Å². The molecule has 0 aromatic heterocycles. The number of hydrogen-bond acceptors (Lipinski definition) is 4. The molecular weight excluding hydrogens is 296 g/mol. The number of rotatable bonds is 4. The third-order valence-electron chi connectivity index (χ3n) is 4.28. The summed E-state index contributed by atoms with van der Waals surface area (Å²) < 4.78 is 26.3. The van der Waals surface area contributed by atoms with Crippen molar-refractivity contribution in [2.75, 3.05) is 39.3 Å². The lowest BCUT2D eigenvalue weighted by atomic mass is 10.00. The van der Waals surface area contributed by atoms with Crippen LogP contribution in [0.15, 0.2) is 0 Å². The molecule has 0 aliphatic carbocycles. The van der Waals surface area contributed by atoms with Gasteiger partial charge in [0.25, 0.3) is 5.92 Å². The van der Waals surface area contributed by atoms with Crippen LogP contribution in [0.1, 0.15) is 26.2 Å². The van der Waals surface area contributed by atoms with Crippen LogP contribution in [0.4, 0.5) is 8.78 Å². The number of nitrogens with zero attached hydrogens (tertiary/aromatic N) is 2. The Morgan fingerprint density at radius 2 is 1.82 bits per heavy atom. The van der Waals surface area contributed by atoms with Gasteiger partial charge in [-0.1, -0.05) is 0 Å². The van der Waals surface area contributed by atoms with Crippen LogP contribution in [0.25, 0.3) is 0 Å². The minimum atomic E-state index is -2.60. The molecule has 2 N–H and O–H groups in total. The summed E-state index contributed by atoms with van der Waals surface area (Å²) in [5, 5.41) is 13.0. The molecule has 0 bridgehead atoms. The van der Waals surface area contributed by atoms with Gasteiger partial charge >= 0.3 is 0 Å². The van der Waals surface area contributed by atoms with E-state index in [4.69, 9.17) is 0 Å². The fourth-order valence-corrected chi connectivity index (χ4v) is 2.96. The number of nitrogens with one attached hydrogen (secondary N) is 1. The van der Waals surface area contributed by atoms with Crippen LogP contribution >= 0.6 is 0 Å². The van der Waals surface area contributed by atoms with E-state index in [1.165, 1.54) is 11.8 Å². The lowest BCUT2D eigenvalue weighted by molar-refractivity contribution is -0.132. The first-order valence-electron chi connectivity index (χ1n) is 7.54. The minimum Gasteiger partial charge on any atom is -0.387 e. The second-order valence-electron chi connectivity index (χ2n) is 6.33. The molecule has 0 aromatic rings. The van der Waals surface area contributed by atoms with Crippen molar-refractivity contribution in [3.8, 4) is 0 Å². The van der Waals surface area contributed by atoms with E-state index >= 15 is 0 Å². The maximum Gasteiger partial charge on any atom is 0.250 e. The molecule has 0 spiro atoms. The van der Waals surface area contributed by atoms with Gasteiger partial charge in [-0.25, -0.2) is 8.78 Å². The van der Waals surface area contributed by atoms with Gasteiger partial charge in [0.2, 0.25) is 11.8 Å². The average Bonchev–Trinajstić information content (AvgIpc) is 2.81. The highest BCUT2D eigenvalue weighted by atomic mass is 19.3. The molecule has 0 saturated carbocycles. The highest BCUT2D eigenvalue weighted by Crippen LogP contribution is 2.30. The number of hydrogen-bond donors (Lipinski definition) is 2. The molecule has 0 radical (unpaired) electrons. The van der Waals surface area contributed by atoms with Gasteiger partial charge in [0.05, 0.1) is 18.7 Å². The zero-order chi connectivity index (χ0) is 16.4. The first kappa shape index (κ1) is 17.1. The summed E-state index contributed by atoms with van der Waals surface area (Å²) in [6, 6.07) is 0. The predicted octanol–water partition coefficient (Wildman–Crippen LogP) is -0.183. The zero-order valence-electron chi connectivity index (χ0n) is 12.8. The van der Waals surface area contributed by atoms with E-state index in [2.05, 4.69) is 5.32 Å². The second kappa shape index (κ2) is 6.45. The number of aliphatic hydroxyl groups is 1. The number of halogens is 2. The molecule has 2 heterocycles. The first-order chi connectivity index (χ1) is 10.2. The summed E-state index contributed by atoms with van der Waals surface area (Å²) in [7, 11) is 0. The van der Waals surface area contributed by atoms with E-state index < -0.39 is 11.5 Å². The Kier molecular flexibility index (Phi) is 5.01. The predicted molar refractivity (Wildman–Crippen MR) is 75.5 cm³/mol. The van der Waals surface area contributed by atoms with E-state index in [9.17, 15) is 23.5 Å². The van der Waals surface area contributed by atoms with E-state index in [0.717, 1.165) is 0 Å². The molecule has 2 rings (SSSR count). The first-order valence-corrected chi connectivity index (χ1v) is 7.54. The topological polar surface area (TPSA) is 72.9 Å². The monoisotopic (exact) mass is 319 g/mol. The number of β-amino-alcohol motifs (C(OH)–C–C–N with tert-alkyl or cyclic N) is 1. The van der Waals surface area contributed by atoms with Gasteiger partial charge in [-0.05, 0) is 6.42 Å². The maximum atomic E-state index is 13.1. The zero-order valence-corrected chi connectivity index (χ0v) is 12.8. The number of carbonyl (C=O) groups is 2. The fourth-order valence-electron chi connectivity index (χ4n) is 2.96. The molecule has 2 amide bonds. The average molecular weight is 319 g/mol. The Labute approximate surface area is 128 Å². The van der Waals surface area contributed by atoms with Crippen molar-refractivity contribution in [1.82, 2.24) is 15.1 Å². The van der Waals surface area contributed by atoms with Gasteiger partial charge in [-0.15, -0.1) is 0 Å². The van der Waals surface area contributed by atoms with Gasteiger partial charge in [0.15, 0.2) is 0 Å². The Bertz CT molecular complexity index is 437. The third-order valence-corrected chi connectivity index (χ3v) is 4.28. The van der Waals surface area contributed by atoms with Crippen molar-refractivity contribution in [2.45, 2.75) is 37.7 Å². The summed E-state index contributed by atoms with van der Waals surface area (Å²) in [5.41, 5.74) is -1.06. The van der Waals surface area contributed by atoms with Crippen LogP contribution in [-0.4, -0.2) is 77.5 Å². The molecule has 2 aliphatic rings. The van der Waals surface area contributed by atoms with Crippen molar-refractivity contribution in [3.63, 3.8) is 0 Å². The van der Waals surface area contributed by atoms with E-state index in [-0.39, 0.29) is 50.8 Å². The van der Waals surface area contributed by atoms with Crippen molar-refractivity contribution in [1.29, 1.82) is 0 Å². The molecule has 0 aromatic carbocycles. The van der Waals surface area contributed by atoms with Crippen LogP contribution in [0.5, 0.6) is 0 Å². The highest BCUT2D eigenvalue weighted by Gasteiger charge is 2.41. The molecule has 2 fully saturated rings. The number of carbonyl (C=O) groups excluding carboxylic acids is 2. The van der Waals surface area contributed by atoms with Crippen LogP contribution in [-0.2, 0) is 9.59 Å². The number of alkyl halides is 2. The standard InChI is InChI=1S/C14H23F2N3O3/c1-11(20)17-8-12(21)19-7-2-13(22,10-19)9-18-5-3-14(15,16)4-6-18/h22H,2-10H2,1H3,(H,17,20)/t13-/m0/s1. The molecule has 126 valence electrons. The molecule has 2 saturated heterocycles. The molecule has 6 nitrogen and oxygen atoms in total. The Balaban J connectivity index is 1.80. The molecule has 22 heavy (non-hydrogen) atoms. The van der Waals surface area contributed by atoms with Crippen LogP contribution in [0.2, 0.25) is 0 Å². The van der Waals surface area contributed by atoms with Crippen molar-refractivity contribution >= 4 is 11.8 Å². The fraction of sp³-hybridized carbons (Fsp3) is 0.857. The van der Waals surface area contributed by atoms with E-state index in [0.29, 0.717) is 19.5 Å². The Hall–Kier alpha value is -1.28. The second-order valence-corrected chi connectivity index (χ2v) is 6.33. The van der Waals surface area contributed by atoms with Crippen molar-refractivity contribution in [2.24, 2.45) is 0 Å². The lowest BCUT2D eigenvalue weighted by Gasteiger charge is -2.36. The summed E-state index contributed by atoms with van der Waals surface area (Å²) in [6.45, 7) is 2.66. The minimum absolute atomic E-state index is 0.0820. The maximum absolute atomic E-state index is 13.1. The molecule has 8 heteroatoms.